The van der Waals surface area contributed by atoms with E-state index in [0.717, 1.165) is 0 Å². The van der Waals surface area contributed by atoms with Crippen LogP contribution < -0.4 is 10.6 Å². The molecule has 0 aromatic heterocycles. The molecule has 0 bridgehead atoms. The van der Waals surface area contributed by atoms with Crippen molar-refractivity contribution >= 4 is 12.0 Å². The van der Waals surface area contributed by atoms with Crippen molar-refractivity contribution in [3.63, 3.8) is 0 Å². The van der Waals surface area contributed by atoms with Crippen molar-refractivity contribution in [1.82, 2.24) is 10.6 Å². The van der Waals surface area contributed by atoms with Crippen LogP contribution in [0.3, 0.4) is 0 Å². The number of carbonyl (C=O) groups excluding carboxylic acids is 1. The SMILES string of the molecule is O=C(NCC(F)(F)C(F)F)NC1(C(=O)O)CCOC1. The van der Waals surface area contributed by atoms with Crippen molar-refractivity contribution in [2.45, 2.75) is 24.3 Å². The highest BCUT2D eigenvalue weighted by molar-refractivity contribution is 5.86. The van der Waals surface area contributed by atoms with E-state index in [2.05, 4.69) is 0 Å². The number of nitrogens with one attached hydrogen (secondary N) is 2. The first kappa shape index (κ1) is 15.5. The number of hydrogen-bond donors (Lipinski definition) is 3. The normalized spacial score (nSPS) is 23.4. The van der Waals surface area contributed by atoms with Crippen LogP contribution in [0.25, 0.3) is 0 Å². The molecule has 0 saturated carbocycles. The van der Waals surface area contributed by atoms with Gasteiger partial charge in [0.05, 0.1) is 13.2 Å². The Labute approximate surface area is 105 Å². The Morgan fingerprint density at radius 3 is 2.47 bits per heavy atom. The number of carboxylic acids is 1. The average Bonchev–Trinajstić information content (AvgIpc) is 2.76. The number of carboxylic acid groups (broad SMARTS) is 1. The number of aliphatic carboxylic acids is 1. The number of urea groups is 1. The summed E-state index contributed by atoms with van der Waals surface area (Å²) < 4.78 is 53.6. The van der Waals surface area contributed by atoms with Gasteiger partial charge in [-0.1, -0.05) is 0 Å². The minimum absolute atomic E-state index is 0.0407. The minimum atomic E-state index is -4.38. The Bertz CT molecular complexity index is 358. The van der Waals surface area contributed by atoms with Crippen LogP contribution in [0, 0.1) is 0 Å². The number of carbonyl (C=O) groups is 2. The van der Waals surface area contributed by atoms with Crippen molar-refractivity contribution < 1.29 is 37.0 Å². The van der Waals surface area contributed by atoms with Gasteiger partial charge in [-0.3, -0.25) is 0 Å². The van der Waals surface area contributed by atoms with Crippen LogP contribution in [0.4, 0.5) is 22.4 Å². The third kappa shape index (κ3) is 3.69. The zero-order chi connectivity index (χ0) is 14.7. The lowest BCUT2D eigenvalue weighted by atomic mass is 9.99. The predicted molar refractivity (Wildman–Crippen MR) is 53.3 cm³/mol. The van der Waals surface area contributed by atoms with Crippen LogP contribution in [0.2, 0.25) is 0 Å². The first-order chi connectivity index (χ1) is 8.69. The monoisotopic (exact) mass is 288 g/mol. The van der Waals surface area contributed by atoms with Crippen molar-refractivity contribution in [2.24, 2.45) is 0 Å². The lowest BCUT2D eigenvalue weighted by Crippen LogP contribution is -2.59. The molecular formula is C9H12F4N2O4. The first-order valence-corrected chi connectivity index (χ1v) is 5.23. The number of amides is 2. The molecule has 1 saturated heterocycles. The summed E-state index contributed by atoms with van der Waals surface area (Å²) in [4.78, 5) is 22.2. The summed E-state index contributed by atoms with van der Waals surface area (Å²) in [6, 6.07) is -1.27. The summed E-state index contributed by atoms with van der Waals surface area (Å²) in [6.45, 7) is -1.83. The van der Waals surface area contributed by atoms with Gasteiger partial charge in [-0.2, -0.15) is 8.78 Å². The molecule has 0 aliphatic carbocycles. The predicted octanol–water partition coefficient (Wildman–Crippen LogP) is 0.430. The van der Waals surface area contributed by atoms with Gasteiger partial charge in [-0.25, -0.2) is 18.4 Å². The van der Waals surface area contributed by atoms with Gasteiger partial charge in [0, 0.05) is 13.0 Å². The summed E-state index contributed by atoms with van der Waals surface area (Å²) in [5.41, 5.74) is -1.72. The molecule has 1 aliphatic rings. The van der Waals surface area contributed by atoms with E-state index in [1.165, 1.54) is 5.32 Å². The van der Waals surface area contributed by atoms with Crippen LogP contribution in [-0.2, 0) is 9.53 Å². The molecule has 1 aliphatic heterocycles. The summed E-state index contributed by atoms with van der Waals surface area (Å²) in [5.74, 6) is -5.76. The van der Waals surface area contributed by atoms with Crippen molar-refractivity contribution in [3.05, 3.63) is 0 Å². The molecular weight excluding hydrogens is 276 g/mol. The van der Waals surface area contributed by atoms with E-state index in [4.69, 9.17) is 9.84 Å². The van der Waals surface area contributed by atoms with Gasteiger partial charge in [-0.05, 0) is 0 Å². The zero-order valence-electron chi connectivity index (χ0n) is 9.59. The molecule has 110 valence electrons. The number of halogens is 4. The van der Waals surface area contributed by atoms with Crippen molar-refractivity contribution in [1.29, 1.82) is 0 Å². The van der Waals surface area contributed by atoms with Crippen LogP contribution in [-0.4, -0.2) is 54.8 Å². The number of ether oxygens (including phenoxy) is 1. The van der Waals surface area contributed by atoms with Gasteiger partial charge in [0.2, 0.25) is 0 Å². The van der Waals surface area contributed by atoms with Crippen LogP contribution >= 0.6 is 0 Å². The molecule has 2 amide bonds. The quantitative estimate of drug-likeness (QED) is 0.640. The van der Waals surface area contributed by atoms with E-state index in [1.54, 1.807) is 0 Å². The topological polar surface area (TPSA) is 87.7 Å². The van der Waals surface area contributed by atoms with E-state index < -0.39 is 36.4 Å². The molecule has 0 spiro atoms. The lowest BCUT2D eigenvalue weighted by Gasteiger charge is -2.24. The fourth-order valence-electron chi connectivity index (χ4n) is 1.42. The molecule has 19 heavy (non-hydrogen) atoms. The zero-order valence-corrected chi connectivity index (χ0v) is 9.59. The Hall–Kier alpha value is -1.58. The molecule has 0 aromatic rings. The second kappa shape index (κ2) is 5.59. The summed E-state index contributed by atoms with van der Waals surface area (Å²) >= 11 is 0. The summed E-state index contributed by atoms with van der Waals surface area (Å²) in [5, 5.41) is 12.4. The largest absolute Gasteiger partial charge is 0.479 e. The second-order valence-electron chi connectivity index (χ2n) is 4.06. The highest BCUT2D eigenvalue weighted by Crippen LogP contribution is 2.22. The number of rotatable bonds is 5. The van der Waals surface area contributed by atoms with Gasteiger partial charge >= 0.3 is 24.3 Å². The number of hydrogen-bond acceptors (Lipinski definition) is 3. The minimum Gasteiger partial charge on any atom is -0.479 e. The molecule has 6 nitrogen and oxygen atoms in total. The molecule has 1 fully saturated rings. The van der Waals surface area contributed by atoms with Gasteiger partial charge in [0.1, 0.15) is 0 Å². The maximum atomic E-state index is 12.5. The Morgan fingerprint density at radius 2 is 2.05 bits per heavy atom. The van der Waals surface area contributed by atoms with Crippen molar-refractivity contribution in [2.75, 3.05) is 19.8 Å². The smallest absolute Gasteiger partial charge is 0.332 e. The lowest BCUT2D eigenvalue weighted by molar-refractivity contribution is -0.144. The molecule has 1 atom stereocenters. The van der Waals surface area contributed by atoms with E-state index in [0.29, 0.717) is 0 Å². The third-order valence-electron chi connectivity index (χ3n) is 2.59. The van der Waals surface area contributed by atoms with Crippen LogP contribution in [0.5, 0.6) is 0 Å². The number of alkyl halides is 4. The van der Waals surface area contributed by atoms with Crippen LogP contribution in [0.1, 0.15) is 6.42 Å². The van der Waals surface area contributed by atoms with E-state index in [-0.39, 0.29) is 19.6 Å². The third-order valence-corrected chi connectivity index (χ3v) is 2.59. The van der Waals surface area contributed by atoms with Gasteiger partial charge in [0.15, 0.2) is 5.54 Å². The van der Waals surface area contributed by atoms with E-state index >= 15 is 0 Å². The van der Waals surface area contributed by atoms with Gasteiger partial charge in [0.25, 0.3) is 0 Å². The maximum absolute atomic E-state index is 12.5. The van der Waals surface area contributed by atoms with Gasteiger partial charge < -0.3 is 20.5 Å². The van der Waals surface area contributed by atoms with Gasteiger partial charge in [-0.15, -0.1) is 0 Å². The molecule has 3 N–H and O–H groups in total. The second-order valence-corrected chi connectivity index (χ2v) is 4.06. The molecule has 0 aromatic carbocycles. The van der Waals surface area contributed by atoms with E-state index in [9.17, 15) is 27.2 Å². The van der Waals surface area contributed by atoms with Crippen LogP contribution in [0.15, 0.2) is 0 Å². The molecule has 1 rings (SSSR count). The summed E-state index contributed by atoms with van der Waals surface area (Å²) in [7, 11) is 0. The molecule has 1 heterocycles. The summed E-state index contributed by atoms with van der Waals surface area (Å²) in [6.07, 6.45) is -3.96. The maximum Gasteiger partial charge on any atom is 0.332 e. The highest BCUT2D eigenvalue weighted by Gasteiger charge is 2.45. The fraction of sp³-hybridized carbons (Fsp3) is 0.778. The Balaban J connectivity index is 2.53. The highest BCUT2D eigenvalue weighted by atomic mass is 19.3. The standard InChI is InChI=1S/C9H12F4N2O4/c10-5(11)9(12,13)3-14-7(18)15-8(6(16)17)1-2-19-4-8/h5H,1-4H2,(H,16,17)(H2,14,15,18). The molecule has 1 unspecified atom stereocenters. The fourth-order valence-corrected chi connectivity index (χ4v) is 1.42. The average molecular weight is 288 g/mol. The van der Waals surface area contributed by atoms with Crippen molar-refractivity contribution in [3.8, 4) is 0 Å². The first-order valence-electron chi connectivity index (χ1n) is 5.23. The molecule has 0 radical (unpaired) electrons. The molecule has 10 heteroatoms. The Morgan fingerprint density at radius 1 is 1.42 bits per heavy atom. The Kier molecular flexibility index (Phi) is 4.56. The van der Waals surface area contributed by atoms with E-state index in [1.807, 2.05) is 5.32 Å².